The first-order chi connectivity index (χ1) is 14.3. The van der Waals surface area contributed by atoms with Crippen molar-refractivity contribution in [3.05, 3.63) is 74.3 Å². The number of nitro benzene ring substituents is 1. The van der Waals surface area contributed by atoms with Crippen molar-refractivity contribution in [2.24, 2.45) is 0 Å². The summed E-state index contributed by atoms with van der Waals surface area (Å²) < 4.78 is 5.09. The molecule has 1 amide bonds. The second-order valence-electron chi connectivity index (χ2n) is 7.18. The van der Waals surface area contributed by atoms with Gasteiger partial charge in [-0.25, -0.2) is 4.79 Å². The number of amides is 1. The number of nitrogens with one attached hydrogen (secondary N) is 1. The van der Waals surface area contributed by atoms with Crippen molar-refractivity contribution in [1.29, 1.82) is 0 Å². The number of nitrogens with zero attached hydrogens (tertiary/aromatic N) is 1. The first-order valence-corrected chi connectivity index (χ1v) is 9.30. The maximum atomic E-state index is 12.9. The lowest BCUT2D eigenvalue weighted by atomic mass is 9.82. The van der Waals surface area contributed by atoms with Crippen molar-refractivity contribution in [2.45, 2.75) is 31.9 Å². The smallest absolute Gasteiger partial charge is 0.345 e. The molecular weight excluding hydrogens is 392 g/mol. The van der Waals surface area contributed by atoms with Crippen LogP contribution in [0.4, 0.5) is 5.69 Å². The van der Waals surface area contributed by atoms with E-state index in [9.17, 15) is 29.3 Å². The van der Waals surface area contributed by atoms with Crippen molar-refractivity contribution in [3.63, 3.8) is 0 Å². The topological polar surface area (TPSA) is 133 Å². The summed E-state index contributed by atoms with van der Waals surface area (Å²) in [6, 6.07) is 8.32. The lowest BCUT2D eigenvalue weighted by Gasteiger charge is -2.19. The van der Waals surface area contributed by atoms with E-state index in [-0.39, 0.29) is 22.7 Å². The van der Waals surface area contributed by atoms with E-state index in [2.05, 4.69) is 5.32 Å². The zero-order valence-electron chi connectivity index (χ0n) is 15.8. The molecule has 0 saturated heterocycles. The number of nitro groups is 1. The van der Waals surface area contributed by atoms with Crippen molar-refractivity contribution >= 4 is 29.1 Å². The van der Waals surface area contributed by atoms with Gasteiger partial charge in [0.05, 0.1) is 4.92 Å². The van der Waals surface area contributed by atoms with E-state index in [1.54, 1.807) is 12.1 Å². The fourth-order valence-electron chi connectivity index (χ4n) is 3.35. The molecule has 30 heavy (non-hydrogen) atoms. The fraction of sp³-hybridized carbons (Fsp3) is 0.238. The highest BCUT2D eigenvalue weighted by Gasteiger charge is 2.39. The summed E-state index contributed by atoms with van der Waals surface area (Å²) in [5.41, 5.74) is -1.73. The summed E-state index contributed by atoms with van der Waals surface area (Å²) in [4.78, 5) is 61.2. The number of fused-ring (bicyclic) bond motifs is 2. The maximum Gasteiger partial charge on any atom is 0.345 e. The van der Waals surface area contributed by atoms with Gasteiger partial charge in [-0.1, -0.05) is 24.3 Å². The average molecular weight is 408 g/mol. The van der Waals surface area contributed by atoms with E-state index in [0.29, 0.717) is 0 Å². The van der Waals surface area contributed by atoms with Crippen molar-refractivity contribution in [2.75, 3.05) is 0 Å². The summed E-state index contributed by atoms with van der Waals surface area (Å²) in [5.74, 6) is -2.89. The van der Waals surface area contributed by atoms with Crippen LogP contribution in [0.25, 0.3) is 0 Å². The number of hydrogen-bond acceptors (Lipinski definition) is 7. The minimum Gasteiger partial charge on any atom is -0.449 e. The molecule has 9 heteroatoms. The molecule has 1 N–H and O–H groups in total. The molecule has 0 aliphatic heterocycles. The lowest BCUT2D eigenvalue weighted by Crippen LogP contribution is -2.37. The molecule has 2 aliphatic carbocycles. The Morgan fingerprint density at radius 2 is 1.70 bits per heavy atom. The molecule has 1 saturated carbocycles. The van der Waals surface area contributed by atoms with Gasteiger partial charge in [0.1, 0.15) is 11.1 Å². The number of ether oxygens (including phenoxy) is 1. The Bertz CT molecular complexity index is 1130. The molecule has 1 atom stereocenters. The Hall–Kier alpha value is -3.88. The molecule has 2 aromatic carbocycles. The summed E-state index contributed by atoms with van der Waals surface area (Å²) in [6.45, 7) is 1.35. The Labute approximate surface area is 170 Å². The molecule has 0 bridgehead atoms. The highest BCUT2D eigenvalue weighted by Crippen LogP contribution is 2.35. The number of ketones is 2. The van der Waals surface area contributed by atoms with Crippen molar-refractivity contribution < 1.29 is 28.8 Å². The largest absolute Gasteiger partial charge is 0.449 e. The third-order valence-electron chi connectivity index (χ3n) is 5.05. The van der Waals surface area contributed by atoms with Crippen LogP contribution in [0, 0.1) is 10.1 Å². The predicted octanol–water partition coefficient (Wildman–Crippen LogP) is 2.19. The van der Waals surface area contributed by atoms with Gasteiger partial charge in [-0.15, -0.1) is 0 Å². The van der Waals surface area contributed by atoms with Crippen molar-refractivity contribution in [1.82, 2.24) is 5.32 Å². The molecule has 152 valence electrons. The number of rotatable bonds is 5. The monoisotopic (exact) mass is 408 g/mol. The number of hydrogen-bond donors (Lipinski definition) is 1. The van der Waals surface area contributed by atoms with Crippen LogP contribution in [0.1, 0.15) is 62.0 Å². The predicted molar refractivity (Wildman–Crippen MR) is 102 cm³/mol. The first kappa shape index (κ1) is 19.4. The normalized spacial score (nSPS) is 15.6. The van der Waals surface area contributed by atoms with Crippen LogP contribution in [-0.2, 0) is 9.53 Å². The second-order valence-corrected chi connectivity index (χ2v) is 7.18. The Balaban J connectivity index is 1.73. The van der Waals surface area contributed by atoms with Crippen LogP contribution < -0.4 is 5.32 Å². The standard InChI is InChI=1S/C21H16N2O7/c1-10(20(26)22-11-6-7-11)30-21(27)15-9-8-14-16(17(15)23(28)29)19(25)13-5-3-2-4-12(13)18(14)24/h2-5,8-11H,6-7H2,1H3,(H,22,26)/t10-/m0/s1. The zero-order valence-corrected chi connectivity index (χ0v) is 15.8. The summed E-state index contributed by atoms with van der Waals surface area (Å²) in [6.07, 6.45) is 0.521. The maximum absolute atomic E-state index is 12.9. The fourth-order valence-corrected chi connectivity index (χ4v) is 3.35. The second kappa shape index (κ2) is 7.18. The van der Waals surface area contributed by atoms with Gasteiger partial charge in [0, 0.05) is 22.7 Å². The number of carbonyl (C=O) groups excluding carboxylic acids is 4. The van der Waals surface area contributed by atoms with Gasteiger partial charge < -0.3 is 10.1 Å². The van der Waals surface area contributed by atoms with Crippen LogP contribution >= 0.6 is 0 Å². The molecule has 0 heterocycles. The Morgan fingerprint density at radius 1 is 1.07 bits per heavy atom. The molecule has 0 spiro atoms. The Morgan fingerprint density at radius 3 is 2.30 bits per heavy atom. The van der Waals surface area contributed by atoms with Crippen molar-refractivity contribution in [3.8, 4) is 0 Å². The van der Waals surface area contributed by atoms with Gasteiger partial charge in [-0.2, -0.15) is 0 Å². The first-order valence-electron chi connectivity index (χ1n) is 9.30. The minimum atomic E-state index is -1.17. The minimum absolute atomic E-state index is 0.0285. The molecule has 0 unspecified atom stereocenters. The van der Waals surface area contributed by atoms with Gasteiger partial charge in [0.25, 0.3) is 11.6 Å². The average Bonchev–Trinajstić information content (AvgIpc) is 3.54. The lowest BCUT2D eigenvalue weighted by molar-refractivity contribution is -0.385. The van der Waals surface area contributed by atoms with E-state index < -0.39 is 51.3 Å². The quantitative estimate of drug-likeness (QED) is 0.389. The third kappa shape index (κ3) is 3.24. The molecule has 4 rings (SSSR count). The van der Waals surface area contributed by atoms with E-state index in [1.807, 2.05) is 0 Å². The van der Waals surface area contributed by atoms with Crippen LogP contribution in [-0.4, -0.2) is 40.5 Å². The van der Waals surface area contributed by atoms with Gasteiger partial charge in [-0.3, -0.25) is 24.5 Å². The van der Waals surface area contributed by atoms with Gasteiger partial charge in [0.2, 0.25) is 5.78 Å². The number of esters is 1. The third-order valence-corrected chi connectivity index (χ3v) is 5.05. The summed E-state index contributed by atoms with van der Waals surface area (Å²) in [5, 5.41) is 14.5. The SMILES string of the molecule is C[C@H](OC(=O)c1ccc2c(c1[N+](=O)[O-])C(=O)c1ccccc1C2=O)C(=O)NC1CC1. The van der Waals surface area contributed by atoms with Crippen LogP contribution in [0.3, 0.4) is 0 Å². The molecule has 2 aromatic rings. The van der Waals surface area contributed by atoms with Crippen LogP contribution in [0.2, 0.25) is 0 Å². The van der Waals surface area contributed by atoms with Crippen LogP contribution in [0.5, 0.6) is 0 Å². The summed E-state index contributed by atoms with van der Waals surface area (Å²) in [7, 11) is 0. The molecule has 1 fully saturated rings. The van der Waals surface area contributed by atoms with E-state index >= 15 is 0 Å². The molecule has 2 aliphatic rings. The molecular formula is C21H16N2O7. The van der Waals surface area contributed by atoms with Gasteiger partial charge in [0.15, 0.2) is 11.9 Å². The number of carbonyl (C=O) groups is 4. The highest BCUT2D eigenvalue weighted by molar-refractivity contribution is 6.30. The molecule has 0 radical (unpaired) electrons. The van der Waals surface area contributed by atoms with Gasteiger partial charge in [-0.05, 0) is 31.9 Å². The highest BCUT2D eigenvalue weighted by atomic mass is 16.6. The van der Waals surface area contributed by atoms with Crippen LogP contribution in [0.15, 0.2) is 36.4 Å². The zero-order chi connectivity index (χ0) is 21.6. The Kier molecular flexibility index (Phi) is 4.65. The molecule has 9 nitrogen and oxygen atoms in total. The molecule has 0 aromatic heterocycles. The summed E-state index contributed by atoms with van der Waals surface area (Å²) >= 11 is 0. The van der Waals surface area contributed by atoms with Gasteiger partial charge >= 0.3 is 5.97 Å². The van der Waals surface area contributed by atoms with E-state index in [0.717, 1.165) is 18.9 Å². The number of benzene rings is 2. The van der Waals surface area contributed by atoms with E-state index in [4.69, 9.17) is 4.74 Å². The van der Waals surface area contributed by atoms with E-state index in [1.165, 1.54) is 25.1 Å².